The van der Waals surface area contributed by atoms with E-state index in [1.807, 2.05) is 18.3 Å². The van der Waals surface area contributed by atoms with Crippen LogP contribution in [0.4, 0.5) is 0 Å². The number of hydrogen-bond acceptors (Lipinski definition) is 2. The van der Waals surface area contributed by atoms with E-state index >= 15 is 0 Å². The summed E-state index contributed by atoms with van der Waals surface area (Å²) in [5.74, 6) is 0. The second kappa shape index (κ2) is 5.08. The van der Waals surface area contributed by atoms with Gasteiger partial charge in [0.25, 0.3) is 0 Å². The van der Waals surface area contributed by atoms with Crippen molar-refractivity contribution >= 4 is 0 Å². The van der Waals surface area contributed by atoms with Crippen LogP contribution in [0.2, 0.25) is 0 Å². The lowest BCUT2D eigenvalue weighted by molar-refractivity contribution is 0.182. The molecular weight excluding hydrogens is 174 g/mol. The lowest BCUT2D eigenvalue weighted by Gasteiger charge is -2.17. The monoisotopic (exact) mass is 190 g/mol. The van der Waals surface area contributed by atoms with E-state index in [2.05, 4.69) is 21.5 Å². The van der Waals surface area contributed by atoms with Gasteiger partial charge in [-0.15, -0.1) is 0 Å². The molecule has 0 N–H and O–H groups in total. The van der Waals surface area contributed by atoms with Gasteiger partial charge >= 0.3 is 0 Å². The molecule has 1 saturated heterocycles. The molecule has 0 spiro atoms. The van der Waals surface area contributed by atoms with Gasteiger partial charge in [0, 0.05) is 19.3 Å². The van der Waals surface area contributed by atoms with Crippen molar-refractivity contribution in [1.29, 1.82) is 0 Å². The van der Waals surface area contributed by atoms with Gasteiger partial charge in [-0.05, 0) is 25.0 Å². The van der Waals surface area contributed by atoms with Crippen LogP contribution in [-0.2, 0) is 6.54 Å². The van der Waals surface area contributed by atoms with E-state index in [1.165, 1.54) is 19.3 Å². The summed E-state index contributed by atoms with van der Waals surface area (Å²) in [5, 5.41) is 2.15. The van der Waals surface area contributed by atoms with Crippen molar-refractivity contribution in [3.05, 3.63) is 30.1 Å². The maximum absolute atomic E-state index is 4.51. The van der Waals surface area contributed by atoms with E-state index < -0.39 is 0 Å². The third-order valence-electron chi connectivity index (χ3n) is 2.45. The molecule has 0 aromatic carbocycles. The Kier molecular flexibility index (Phi) is 3.49. The Morgan fingerprint density at radius 3 is 3.07 bits per heavy atom. The standard InChI is InChI=1S/C11H16N3/c1-3-8-13-14(9-5-1)10-11-6-2-4-7-12-11/h2,4,6-7H,1,3,5,8-10H2. The van der Waals surface area contributed by atoms with Gasteiger partial charge in [-0.25, -0.2) is 5.01 Å². The number of aromatic nitrogens is 1. The molecule has 0 unspecified atom stereocenters. The smallest absolute Gasteiger partial charge is 0.0571 e. The summed E-state index contributed by atoms with van der Waals surface area (Å²) in [4.78, 5) is 4.30. The van der Waals surface area contributed by atoms with Gasteiger partial charge in [0.05, 0.1) is 12.2 Å². The van der Waals surface area contributed by atoms with E-state index in [9.17, 15) is 0 Å². The quantitative estimate of drug-likeness (QED) is 0.709. The molecule has 1 aliphatic rings. The number of hydrogen-bond donors (Lipinski definition) is 0. The molecular formula is C11H16N3. The van der Waals surface area contributed by atoms with Gasteiger partial charge < -0.3 is 0 Å². The minimum absolute atomic E-state index is 0.862. The van der Waals surface area contributed by atoms with Crippen molar-refractivity contribution in [3.8, 4) is 0 Å². The summed E-state index contributed by atoms with van der Waals surface area (Å²) in [7, 11) is 0. The van der Waals surface area contributed by atoms with Crippen molar-refractivity contribution in [1.82, 2.24) is 15.4 Å². The topological polar surface area (TPSA) is 30.2 Å². The second-order valence-electron chi connectivity index (χ2n) is 3.63. The summed E-state index contributed by atoms with van der Waals surface area (Å²) >= 11 is 0. The Morgan fingerprint density at radius 2 is 2.21 bits per heavy atom. The average molecular weight is 190 g/mol. The van der Waals surface area contributed by atoms with Crippen molar-refractivity contribution in [2.24, 2.45) is 0 Å². The molecule has 3 nitrogen and oxygen atoms in total. The third-order valence-corrected chi connectivity index (χ3v) is 2.45. The van der Waals surface area contributed by atoms with Crippen LogP contribution in [0.5, 0.6) is 0 Å². The van der Waals surface area contributed by atoms with E-state index in [-0.39, 0.29) is 0 Å². The van der Waals surface area contributed by atoms with E-state index in [0.29, 0.717) is 0 Å². The average Bonchev–Trinajstić information content (AvgIpc) is 2.48. The molecule has 1 aliphatic heterocycles. The fourth-order valence-electron chi connectivity index (χ4n) is 1.67. The van der Waals surface area contributed by atoms with Crippen LogP contribution in [0.1, 0.15) is 25.0 Å². The molecule has 0 amide bonds. The molecule has 1 aromatic heterocycles. The SMILES string of the molecule is c1ccc(CN2CCCCC[N]2)nc1. The molecule has 0 atom stereocenters. The predicted molar refractivity (Wildman–Crippen MR) is 55.5 cm³/mol. The zero-order chi connectivity index (χ0) is 9.64. The number of rotatable bonds is 2. The van der Waals surface area contributed by atoms with E-state index in [0.717, 1.165) is 25.3 Å². The van der Waals surface area contributed by atoms with Gasteiger partial charge in [-0.3, -0.25) is 4.98 Å². The zero-order valence-electron chi connectivity index (χ0n) is 8.39. The molecule has 3 heteroatoms. The lowest BCUT2D eigenvalue weighted by Crippen LogP contribution is -2.31. The van der Waals surface area contributed by atoms with Crippen LogP contribution in [0, 0.1) is 0 Å². The van der Waals surface area contributed by atoms with Crippen LogP contribution in [-0.4, -0.2) is 23.1 Å². The first-order valence-electron chi connectivity index (χ1n) is 5.27. The maximum Gasteiger partial charge on any atom is 0.0571 e. The Bertz CT molecular complexity index is 252. The Balaban J connectivity index is 1.90. The van der Waals surface area contributed by atoms with Gasteiger partial charge in [0.2, 0.25) is 0 Å². The minimum Gasteiger partial charge on any atom is -0.260 e. The highest BCUT2D eigenvalue weighted by Gasteiger charge is 2.09. The lowest BCUT2D eigenvalue weighted by atomic mass is 10.2. The summed E-state index contributed by atoms with van der Waals surface area (Å²) in [6.07, 6.45) is 5.64. The summed E-state index contributed by atoms with van der Waals surface area (Å²) in [6, 6.07) is 6.03. The molecule has 0 aliphatic carbocycles. The Morgan fingerprint density at radius 1 is 1.21 bits per heavy atom. The van der Waals surface area contributed by atoms with Crippen molar-refractivity contribution in [2.45, 2.75) is 25.8 Å². The van der Waals surface area contributed by atoms with Gasteiger partial charge in [-0.2, -0.15) is 5.43 Å². The molecule has 1 aromatic rings. The normalized spacial score (nSPS) is 19.1. The first-order valence-corrected chi connectivity index (χ1v) is 5.27. The van der Waals surface area contributed by atoms with Crippen LogP contribution in [0.25, 0.3) is 0 Å². The van der Waals surface area contributed by atoms with Gasteiger partial charge in [0.15, 0.2) is 0 Å². The molecule has 75 valence electrons. The first kappa shape index (κ1) is 9.62. The summed E-state index contributed by atoms with van der Waals surface area (Å²) in [5.41, 5.74) is 5.62. The summed E-state index contributed by atoms with van der Waals surface area (Å²) < 4.78 is 0. The molecule has 0 saturated carbocycles. The molecule has 1 radical (unpaired) electrons. The van der Waals surface area contributed by atoms with E-state index in [4.69, 9.17) is 0 Å². The molecule has 14 heavy (non-hydrogen) atoms. The number of nitrogens with zero attached hydrogens (tertiary/aromatic N) is 3. The Labute approximate surface area is 85.1 Å². The fourth-order valence-corrected chi connectivity index (χ4v) is 1.67. The molecule has 0 bridgehead atoms. The van der Waals surface area contributed by atoms with Gasteiger partial charge in [-0.1, -0.05) is 12.5 Å². The molecule has 1 fully saturated rings. The summed E-state index contributed by atoms with van der Waals surface area (Å²) in [6.45, 7) is 2.92. The van der Waals surface area contributed by atoms with Gasteiger partial charge in [0.1, 0.15) is 0 Å². The third kappa shape index (κ3) is 2.79. The highest BCUT2D eigenvalue weighted by atomic mass is 15.5. The van der Waals surface area contributed by atoms with Crippen LogP contribution in [0.15, 0.2) is 24.4 Å². The Hall–Kier alpha value is -0.930. The molecule has 2 rings (SSSR count). The largest absolute Gasteiger partial charge is 0.260 e. The highest BCUT2D eigenvalue weighted by Crippen LogP contribution is 2.06. The maximum atomic E-state index is 4.51. The van der Waals surface area contributed by atoms with Crippen LogP contribution >= 0.6 is 0 Å². The molecule has 2 heterocycles. The van der Waals surface area contributed by atoms with Crippen LogP contribution in [0.3, 0.4) is 0 Å². The highest BCUT2D eigenvalue weighted by molar-refractivity contribution is 5.02. The van der Waals surface area contributed by atoms with E-state index in [1.54, 1.807) is 0 Å². The van der Waals surface area contributed by atoms with Crippen molar-refractivity contribution in [3.63, 3.8) is 0 Å². The minimum atomic E-state index is 0.862. The second-order valence-corrected chi connectivity index (χ2v) is 3.63. The number of pyridine rings is 1. The van der Waals surface area contributed by atoms with Crippen molar-refractivity contribution < 1.29 is 0 Å². The van der Waals surface area contributed by atoms with Crippen molar-refractivity contribution in [2.75, 3.05) is 13.1 Å². The van der Waals surface area contributed by atoms with Crippen LogP contribution < -0.4 is 5.43 Å². The zero-order valence-corrected chi connectivity index (χ0v) is 8.39. The fraction of sp³-hybridized carbons (Fsp3) is 0.545. The predicted octanol–water partition coefficient (Wildman–Crippen LogP) is 1.59. The first-order chi connectivity index (χ1) is 6.95.